The zero-order valence-corrected chi connectivity index (χ0v) is 16.9. The molecule has 0 aliphatic heterocycles. The Hall–Kier alpha value is -1.69. The van der Waals surface area contributed by atoms with Gasteiger partial charge in [-0.3, -0.25) is 0 Å². The van der Waals surface area contributed by atoms with Crippen LogP contribution in [0.25, 0.3) is 22.4 Å². The minimum atomic E-state index is 0.235. The van der Waals surface area contributed by atoms with Crippen molar-refractivity contribution >= 4 is 49.6 Å². The fraction of sp³-hybridized carbons (Fsp3) is 0.250. The van der Waals surface area contributed by atoms with Crippen molar-refractivity contribution in [2.45, 2.75) is 20.3 Å². The molecule has 0 atom stereocenters. The maximum Gasteiger partial charge on any atom is 0.188 e. The van der Waals surface area contributed by atoms with Crippen molar-refractivity contribution in [2.24, 2.45) is 0 Å². The summed E-state index contributed by atoms with van der Waals surface area (Å²) >= 11 is 5.25. The van der Waals surface area contributed by atoms with E-state index < -0.39 is 0 Å². The van der Waals surface area contributed by atoms with Crippen LogP contribution >= 0.6 is 27.3 Å². The minimum absolute atomic E-state index is 0.235. The Morgan fingerprint density at radius 1 is 1.20 bits per heavy atom. The summed E-state index contributed by atoms with van der Waals surface area (Å²) in [6, 6.07) is 10.4. The highest BCUT2D eigenvalue weighted by Crippen LogP contribution is 2.29. The van der Waals surface area contributed by atoms with Gasteiger partial charge in [-0.1, -0.05) is 19.1 Å². The van der Waals surface area contributed by atoms with Gasteiger partial charge in [0.2, 0.25) is 0 Å². The molecule has 0 fully saturated rings. The van der Waals surface area contributed by atoms with Crippen LogP contribution in [0.15, 0.2) is 34.8 Å². The molecule has 0 bridgehead atoms. The third-order valence-corrected chi connectivity index (χ3v) is 5.55. The summed E-state index contributed by atoms with van der Waals surface area (Å²) in [5, 5.41) is 1.01. The zero-order valence-electron chi connectivity index (χ0n) is 14.5. The van der Waals surface area contributed by atoms with E-state index in [0.717, 1.165) is 32.7 Å². The Morgan fingerprint density at radius 3 is 2.76 bits per heavy atom. The van der Waals surface area contributed by atoms with Crippen molar-refractivity contribution in [3.63, 3.8) is 0 Å². The number of hydrogen-bond donors (Lipinski definition) is 0. The van der Waals surface area contributed by atoms with Gasteiger partial charge in [0.25, 0.3) is 0 Å². The number of nitrogens with zero attached hydrogens (tertiary/aromatic N) is 1. The predicted octanol–water partition coefficient (Wildman–Crippen LogP) is 6.08. The molecule has 1 heterocycles. The molecule has 3 rings (SSSR count). The summed E-state index contributed by atoms with van der Waals surface area (Å²) in [6.45, 7) is 4.57. The predicted molar refractivity (Wildman–Crippen MR) is 109 cm³/mol. The average molecular weight is 418 g/mol. The molecular formula is C20H20BrNO2S. The Labute approximate surface area is 160 Å². The number of thiazole rings is 1. The van der Waals surface area contributed by atoms with Crippen LogP contribution < -0.4 is 4.74 Å². The Balaban J connectivity index is 1.82. The van der Waals surface area contributed by atoms with E-state index in [1.807, 2.05) is 18.2 Å². The van der Waals surface area contributed by atoms with E-state index in [9.17, 15) is 0 Å². The molecule has 5 heteroatoms. The molecule has 0 unspecified atom stereocenters. The van der Waals surface area contributed by atoms with E-state index in [1.54, 1.807) is 18.4 Å². The largest absolute Gasteiger partial charge is 0.466 e. The topological polar surface area (TPSA) is 31.4 Å². The smallest absolute Gasteiger partial charge is 0.188 e. The molecule has 0 N–H and O–H groups in total. The first-order valence-electron chi connectivity index (χ1n) is 8.10. The third-order valence-electron chi connectivity index (χ3n) is 3.95. The molecular weight excluding hydrogens is 398 g/mol. The Kier molecular flexibility index (Phi) is 5.89. The number of methoxy groups -OCH3 is 1. The molecule has 0 saturated heterocycles. The molecule has 0 spiro atoms. The minimum Gasteiger partial charge on any atom is -0.466 e. The Morgan fingerprint density at radius 2 is 2.04 bits per heavy atom. The van der Waals surface area contributed by atoms with Gasteiger partial charge in [-0.2, -0.15) is 0 Å². The summed E-state index contributed by atoms with van der Waals surface area (Å²) in [4.78, 5) is 4.72. The van der Waals surface area contributed by atoms with Crippen LogP contribution in [0.2, 0.25) is 0 Å². The number of halogens is 1. The lowest BCUT2D eigenvalue weighted by molar-refractivity contribution is 0.0506. The van der Waals surface area contributed by atoms with Crippen LogP contribution in [-0.2, 0) is 11.2 Å². The molecule has 25 heavy (non-hydrogen) atoms. The number of benzene rings is 2. The number of hydrogen-bond acceptors (Lipinski definition) is 4. The first-order valence-corrected chi connectivity index (χ1v) is 9.71. The zero-order chi connectivity index (χ0) is 17.8. The maximum atomic E-state index is 5.47. The highest BCUT2D eigenvalue weighted by Gasteiger charge is 2.06. The van der Waals surface area contributed by atoms with Gasteiger partial charge in [0.05, 0.1) is 14.7 Å². The van der Waals surface area contributed by atoms with Crippen LogP contribution in [0, 0.1) is 6.92 Å². The number of ether oxygens (including phenoxy) is 2. The standard InChI is InChI=1S/C20H20BrNO2S/c1-4-15-11-19-17(9-13(15)2)22-20(25-19)8-6-14-5-7-18(16(21)10-14)24-12-23-3/h5-11H,4,12H2,1-3H3/b8-6+. The average Bonchev–Trinajstić information content (AvgIpc) is 3.00. The molecule has 2 aromatic carbocycles. The first-order chi connectivity index (χ1) is 12.1. The molecule has 0 saturated carbocycles. The van der Waals surface area contributed by atoms with Gasteiger partial charge in [-0.15, -0.1) is 11.3 Å². The molecule has 130 valence electrons. The summed E-state index contributed by atoms with van der Waals surface area (Å²) in [5.74, 6) is 0.765. The lowest BCUT2D eigenvalue weighted by Gasteiger charge is -2.07. The summed E-state index contributed by atoms with van der Waals surface area (Å²) in [6.07, 6.45) is 5.18. The van der Waals surface area contributed by atoms with Gasteiger partial charge in [0, 0.05) is 7.11 Å². The van der Waals surface area contributed by atoms with E-state index in [-0.39, 0.29) is 6.79 Å². The molecule has 0 radical (unpaired) electrons. The van der Waals surface area contributed by atoms with Crippen molar-refractivity contribution in [3.05, 3.63) is 56.5 Å². The lowest BCUT2D eigenvalue weighted by atomic mass is 10.1. The quantitative estimate of drug-likeness (QED) is 0.455. The van der Waals surface area contributed by atoms with Gasteiger partial charge in [-0.25, -0.2) is 4.98 Å². The van der Waals surface area contributed by atoms with E-state index in [1.165, 1.54) is 15.8 Å². The van der Waals surface area contributed by atoms with E-state index in [0.29, 0.717) is 0 Å². The van der Waals surface area contributed by atoms with Crippen LogP contribution in [0.1, 0.15) is 28.6 Å². The maximum absolute atomic E-state index is 5.47. The fourth-order valence-electron chi connectivity index (χ4n) is 2.62. The summed E-state index contributed by atoms with van der Waals surface area (Å²) in [7, 11) is 1.61. The molecule has 3 aromatic rings. The van der Waals surface area contributed by atoms with Gasteiger partial charge in [-0.05, 0) is 76.3 Å². The molecule has 0 aliphatic carbocycles. The highest BCUT2D eigenvalue weighted by molar-refractivity contribution is 9.10. The van der Waals surface area contributed by atoms with Crippen LogP contribution in [-0.4, -0.2) is 18.9 Å². The highest BCUT2D eigenvalue weighted by atomic mass is 79.9. The second-order valence-corrected chi connectivity index (χ2v) is 7.64. The van der Waals surface area contributed by atoms with E-state index in [4.69, 9.17) is 14.5 Å². The van der Waals surface area contributed by atoms with Gasteiger partial charge in [0.15, 0.2) is 6.79 Å². The van der Waals surface area contributed by atoms with Crippen LogP contribution in [0.5, 0.6) is 5.75 Å². The number of rotatable bonds is 6. The SMILES string of the molecule is CCc1cc2sc(/C=C/c3ccc(OCOC)c(Br)c3)nc2cc1C. The van der Waals surface area contributed by atoms with Crippen LogP contribution in [0.4, 0.5) is 0 Å². The summed E-state index contributed by atoms with van der Waals surface area (Å²) < 4.78 is 12.5. The monoisotopic (exact) mass is 417 g/mol. The van der Waals surface area contributed by atoms with Crippen LogP contribution in [0.3, 0.4) is 0 Å². The van der Waals surface area contributed by atoms with Crippen molar-refractivity contribution in [1.82, 2.24) is 4.98 Å². The normalized spacial score (nSPS) is 11.5. The van der Waals surface area contributed by atoms with Crippen molar-refractivity contribution in [1.29, 1.82) is 0 Å². The second-order valence-electron chi connectivity index (χ2n) is 5.73. The Bertz CT molecular complexity index is 917. The van der Waals surface area contributed by atoms with E-state index in [2.05, 4.69) is 54.1 Å². The first kappa shape index (κ1) is 18.1. The molecule has 0 aliphatic rings. The molecule has 3 nitrogen and oxygen atoms in total. The van der Waals surface area contributed by atoms with Gasteiger partial charge >= 0.3 is 0 Å². The van der Waals surface area contributed by atoms with Gasteiger partial charge < -0.3 is 9.47 Å². The lowest BCUT2D eigenvalue weighted by Crippen LogP contribution is -1.99. The van der Waals surface area contributed by atoms with Crippen molar-refractivity contribution in [2.75, 3.05) is 13.9 Å². The van der Waals surface area contributed by atoms with Crippen molar-refractivity contribution in [3.8, 4) is 5.75 Å². The number of aromatic nitrogens is 1. The fourth-order valence-corrected chi connectivity index (χ4v) is 4.04. The number of fused-ring (bicyclic) bond motifs is 1. The third kappa shape index (κ3) is 4.29. The molecule has 1 aromatic heterocycles. The molecule has 0 amide bonds. The second kappa shape index (κ2) is 8.13. The van der Waals surface area contributed by atoms with Gasteiger partial charge in [0.1, 0.15) is 10.8 Å². The van der Waals surface area contributed by atoms with Crippen molar-refractivity contribution < 1.29 is 9.47 Å². The van der Waals surface area contributed by atoms with E-state index >= 15 is 0 Å². The number of aryl methyl sites for hydroxylation is 2. The summed E-state index contributed by atoms with van der Waals surface area (Å²) in [5.41, 5.74) is 4.86.